The molecule has 0 radical (unpaired) electrons. The molecule has 0 saturated carbocycles. The molecule has 6 heteroatoms. The SMILES string of the molecule is COc1cccc2sc(C(=O)NCCC(C)O)c(N)c12. The molecule has 2 aromatic rings. The molecule has 108 valence electrons. The lowest BCUT2D eigenvalue weighted by Gasteiger charge is -2.06. The van der Waals surface area contributed by atoms with Crippen molar-refractivity contribution in [1.29, 1.82) is 0 Å². The third kappa shape index (κ3) is 2.86. The maximum absolute atomic E-state index is 12.1. The van der Waals surface area contributed by atoms with E-state index in [2.05, 4.69) is 5.32 Å². The maximum atomic E-state index is 12.1. The largest absolute Gasteiger partial charge is 0.496 e. The molecule has 1 aromatic heterocycles. The Labute approximate surface area is 121 Å². The zero-order chi connectivity index (χ0) is 14.7. The highest BCUT2D eigenvalue weighted by Crippen LogP contribution is 2.39. The van der Waals surface area contributed by atoms with Gasteiger partial charge < -0.3 is 20.9 Å². The molecule has 5 nitrogen and oxygen atoms in total. The summed E-state index contributed by atoms with van der Waals surface area (Å²) in [5.74, 6) is 0.450. The minimum absolute atomic E-state index is 0.216. The summed E-state index contributed by atoms with van der Waals surface area (Å²) in [5.41, 5.74) is 6.51. The number of benzene rings is 1. The van der Waals surface area contributed by atoms with E-state index in [1.165, 1.54) is 11.3 Å². The van der Waals surface area contributed by atoms with Gasteiger partial charge in [-0.25, -0.2) is 0 Å². The summed E-state index contributed by atoms with van der Waals surface area (Å²) in [6.45, 7) is 2.10. The summed E-state index contributed by atoms with van der Waals surface area (Å²) >= 11 is 1.34. The maximum Gasteiger partial charge on any atom is 0.263 e. The molecule has 1 amide bonds. The molecular weight excluding hydrogens is 276 g/mol. The van der Waals surface area contributed by atoms with Gasteiger partial charge in [0.25, 0.3) is 5.91 Å². The van der Waals surface area contributed by atoms with Gasteiger partial charge in [0.1, 0.15) is 10.6 Å². The highest BCUT2D eigenvalue weighted by atomic mass is 32.1. The van der Waals surface area contributed by atoms with Crippen LogP contribution in [0, 0.1) is 0 Å². The molecule has 0 aliphatic rings. The van der Waals surface area contributed by atoms with Gasteiger partial charge in [-0.1, -0.05) is 6.07 Å². The van der Waals surface area contributed by atoms with E-state index in [0.717, 1.165) is 10.1 Å². The van der Waals surface area contributed by atoms with Gasteiger partial charge in [0, 0.05) is 11.2 Å². The van der Waals surface area contributed by atoms with Crippen LogP contribution in [-0.4, -0.2) is 30.8 Å². The average molecular weight is 294 g/mol. The third-order valence-corrected chi connectivity index (χ3v) is 4.16. The summed E-state index contributed by atoms with van der Waals surface area (Å²) < 4.78 is 6.19. The third-order valence-electron chi connectivity index (χ3n) is 2.99. The quantitative estimate of drug-likeness (QED) is 0.787. The molecule has 0 aliphatic carbocycles. The lowest BCUT2D eigenvalue weighted by Crippen LogP contribution is -2.26. The van der Waals surface area contributed by atoms with E-state index in [1.807, 2.05) is 18.2 Å². The number of thiophene rings is 1. The molecule has 0 spiro atoms. The van der Waals surface area contributed by atoms with Crippen LogP contribution in [0.1, 0.15) is 23.0 Å². The summed E-state index contributed by atoms with van der Waals surface area (Å²) in [5, 5.41) is 12.7. The Bertz CT molecular complexity index is 622. The number of carbonyl (C=O) groups excluding carboxylic acids is 1. The van der Waals surface area contributed by atoms with Gasteiger partial charge in [-0.2, -0.15) is 0 Å². The topological polar surface area (TPSA) is 84.6 Å². The van der Waals surface area contributed by atoms with Gasteiger partial charge in [0.2, 0.25) is 0 Å². The van der Waals surface area contributed by atoms with Crippen molar-refractivity contribution in [3.05, 3.63) is 23.1 Å². The first-order valence-electron chi connectivity index (χ1n) is 6.35. The van der Waals surface area contributed by atoms with Gasteiger partial charge in [-0.3, -0.25) is 4.79 Å². The lowest BCUT2D eigenvalue weighted by atomic mass is 10.2. The minimum atomic E-state index is -0.435. The van der Waals surface area contributed by atoms with Crippen molar-refractivity contribution in [2.45, 2.75) is 19.4 Å². The standard InChI is InChI=1S/C14H18N2O3S/c1-8(17)6-7-16-14(18)13-12(15)11-9(19-2)4-3-5-10(11)20-13/h3-5,8,17H,6-7,15H2,1-2H3,(H,16,18). The number of nitrogens with two attached hydrogens (primary N) is 1. The predicted molar refractivity (Wildman–Crippen MR) is 81.4 cm³/mol. The van der Waals surface area contributed by atoms with E-state index in [9.17, 15) is 9.90 Å². The Morgan fingerprint density at radius 1 is 1.55 bits per heavy atom. The molecular formula is C14H18N2O3S. The van der Waals surface area contributed by atoms with Crippen LogP contribution in [0.5, 0.6) is 5.75 Å². The highest BCUT2D eigenvalue weighted by Gasteiger charge is 2.18. The van der Waals surface area contributed by atoms with Crippen molar-refractivity contribution in [1.82, 2.24) is 5.32 Å². The smallest absolute Gasteiger partial charge is 0.263 e. The van der Waals surface area contributed by atoms with E-state index >= 15 is 0 Å². The number of amides is 1. The minimum Gasteiger partial charge on any atom is -0.496 e. The second-order valence-electron chi connectivity index (χ2n) is 4.57. The van der Waals surface area contributed by atoms with Gasteiger partial charge in [-0.15, -0.1) is 11.3 Å². The van der Waals surface area contributed by atoms with Crippen LogP contribution in [0.3, 0.4) is 0 Å². The van der Waals surface area contributed by atoms with E-state index in [4.69, 9.17) is 10.5 Å². The van der Waals surface area contributed by atoms with E-state index in [-0.39, 0.29) is 5.91 Å². The summed E-state index contributed by atoms with van der Waals surface area (Å²) in [7, 11) is 1.58. The average Bonchev–Trinajstić information content (AvgIpc) is 2.76. The Morgan fingerprint density at radius 3 is 2.95 bits per heavy atom. The van der Waals surface area contributed by atoms with Crippen LogP contribution >= 0.6 is 11.3 Å². The zero-order valence-corrected chi connectivity index (χ0v) is 12.3. The van der Waals surface area contributed by atoms with Crippen molar-refractivity contribution in [3.63, 3.8) is 0 Å². The van der Waals surface area contributed by atoms with Crippen molar-refractivity contribution >= 4 is 33.0 Å². The van der Waals surface area contributed by atoms with Crippen LogP contribution < -0.4 is 15.8 Å². The first-order valence-corrected chi connectivity index (χ1v) is 7.17. The monoisotopic (exact) mass is 294 g/mol. The fraction of sp³-hybridized carbons (Fsp3) is 0.357. The van der Waals surface area contributed by atoms with E-state index in [0.29, 0.717) is 29.3 Å². The molecule has 1 aromatic carbocycles. The molecule has 0 saturated heterocycles. The fourth-order valence-electron chi connectivity index (χ4n) is 1.95. The van der Waals surface area contributed by atoms with Crippen molar-refractivity contribution in [2.75, 3.05) is 19.4 Å². The Hall–Kier alpha value is -1.79. The van der Waals surface area contributed by atoms with Gasteiger partial charge in [0.15, 0.2) is 0 Å². The van der Waals surface area contributed by atoms with Crippen LogP contribution in [0.4, 0.5) is 5.69 Å². The van der Waals surface area contributed by atoms with E-state index < -0.39 is 6.10 Å². The molecule has 1 heterocycles. The van der Waals surface area contributed by atoms with Crippen LogP contribution in [0.2, 0.25) is 0 Å². The summed E-state index contributed by atoms with van der Waals surface area (Å²) in [4.78, 5) is 12.6. The second-order valence-corrected chi connectivity index (χ2v) is 5.62. The number of hydrogen-bond acceptors (Lipinski definition) is 5. The molecule has 20 heavy (non-hydrogen) atoms. The highest BCUT2D eigenvalue weighted by molar-refractivity contribution is 7.21. The Balaban J connectivity index is 2.26. The van der Waals surface area contributed by atoms with Crippen molar-refractivity contribution in [3.8, 4) is 5.75 Å². The number of hydrogen-bond donors (Lipinski definition) is 3. The molecule has 0 fully saturated rings. The Morgan fingerprint density at radius 2 is 2.30 bits per heavy atom. The number of nitrogen functional groups attached to an aromatic ring is 1. The van der Waals surface area contributed by atoms with Crippen LogP contribution in [0.25, 0.3) is 10.1 Å². The number of fused-ring (bicyclic) bond motifs is 1. The molecule has 1 atom stereocenters. The Kier molecular flexibility index (Phi) is 4.46. The van der Waals surface area contributed by atoms with Gasteiger partial charge in [0.05, 0.1) is 24.3 Å². The fourth-order valence-corrected chi connectivity index (χ4v) is 3.01. The molecule has 2 rings (SSSR count). The predicted octanol–water partition coefficient (Wildman–Crippen LogP) is 1.99. The number of carbonyl (C=O) groups is 1. The van der Waals surface area contributed by atoms with Crippen molar-refractivity contribution < 1.29 is 14.6 Å². The molecule has 4 N–H and O–H groups in total. The normalized spacial score (nSPS) is 12.3. The number of anilines is 1. The molecule has 1 unspecified atom stereocenters. The van der Waals surface area contributed by atoms with E-state index in [1.54, 1.807) is 14.0 Å². The number of aliphatic hydroxyl groups excluding tert-OH is 1. The van der Waals surface area contributed by atoms with Gasteiger partial charge in [-0.05, 0) is 25.5 Å². The van der Waals surface area contributed by atoms with Gasteiger partial charge >= 0.3 is 0 Å². The zero-order valence-electron chi connectivity index (χ0n) is 11.5. The van der Waals surface area contributed by atoms with Crippen molar-refractivity contribution in [2.24, 2.45) is 0 Å². The number of rotatable bonds is 5. The lowest BCUT2D eigenvalue weighted by molar-refractivity contribution is 0.0950. The molecule has 0 aliphatic heterocycles. The first-order chi connectivity index (χ1) is 9.54. The number of nitrogens with one attached hydrogen (secondary N) is 1. The summed E-state index contributed by atoms with van der Waals surface area (Å²) in [6.07, 6.45) is 0.0787. The van der Waals surface area contributed by atoms with Crippen LogP contribution in [-0.2, 0) is 0 Å². The molecule has 0 bridgehead atoms. The number of aliphatic hydroxyl groups is 1. The number of methoxy groups -OCH3 is 1. The summed E-state index contributed by atoms with van der Waals surface area (Å²) in [6, 6.07) is 5.60. The second kappa shape index (κ2) is 6.11. The first kappa shape index (κ1) is 14.6. The number of ether oxygens (including phenoxy) is 1. The van der Waals surface area contributed by atoms with Crippen LogP contribution in [0.15, 0.2) is 18.2 Å².